The Kier molecular flexibility index (Phi) is 6.20. The molecule has 2 aromatic carbocycles. The van der Waals surface area contributed by atoms with Gasteiger partial charge in [0.05, 0.1) is 11.3 Å². The maximum atomic E-state index is 13.0. The van der Waals surface area contributed by atoms with Crippen LogP contribution in [0.4, 0.5) is 5.69 Å². The third-order valence-corrected chi connectivity index (χ3v) is 7.43. The van der Waals surface area contributed by atoms with E-state index < -0.39 is 10.0 Å². The van der Waals surface area contributed by atoms with Crippen molar-refractivity contribution >= 4 is 21.6 Å². The van der Waals surface area contributed by atoms with Gasteiger partial charge in [-0.3, -0.25) is 4.79 Å². The summed E-state index contributed by atoms with van der Waals surface area (Å²) in [6.45, 7) is 6.26. The summed E-state index contributed by atoms with van der Waals surface area (Å²) in [5.41, 5.74) is 1.37. The average Bonchev–Trinajstić information content (AvgIpc) is 2.73. The number of carbonyl (C=O) groups excluding carboxylic acids is 1. The van der Waals surface area contributed by atoms with Crippen LogP contribution in [0.2, 0.25) is 0 Å². The monoisotopic (exact) mass is 444 g/mol. The van der Waals surface area contributed by atoms with E-state index >= 15 is 0 Å². The van der Waals surface area contributed by atoms with Gasteiger partial charge in [-0.25, -0.2) is 8.42 Å². The van der Waals surface area contributed by atoms with Crippen LogP contribution in [0, 0.1) is 11.8 Å². The first-order chi connectivity index (χ1) is 14.8. The van der Waals surface area contributed by atoms with Crippen LogP contribution < -0.4 is 14.8 Å². The van der Waals surface area contributed by atoms with Gasteiger partial charge in [0.25, 0.3) is 0 Å². The number of hydrogen-bond donors (Lipinski definition) is 1. The van der Waals surface area contributed by atoms with E-state index in [0.717, 1.165) is 12.0 Å². The topological polar surface area (TPSA) is 84.9 Å². The molecule has 0 saturated carbocycles. The number of piperidine rings is 1. The summed E-state index contributed by atoms with van der Waals surface area (Å²) in [5, 5.41) is 2.82. The lowest BCUT2D eigenvalue weighted by Crippen LogP contribution is -2.42. The van der Waals surface area contributed by atoms with Crippen molar-refractivity contribution in [2.75, 3.05) is 31.6 Å². The number of hydrogen-bond acceptors (Lipinski definition) is 5. The molecule has 1 amide bonds. The normalized spacial score (nSPS) is 21.5. The summed E-state index contributed by atoms with van der Waals surface area (Å²) in [4.78, 5) is 12.7. The van der Waals surface area contributed by atoms with Crippen molar-refractivity contribution in [3.05, 3.63) is 48.0 Å². The number of sulfonamides is 1. The Morgan fingerprint density at radius 1 is 1.00 bits per heavy atom. The van der Waals surface area contributed by atoms with E-state index in [1.54, 1.807) is 34.6 Å². The summed E-state index contributed by atoms with van der Waals surface area (Å²) >= 11 is 0. The van der Waals surface area contributed by atoms with E-state index in [1.165, 1.54) is 0 Å². The number of anilines is 1. The standard InChI is InChI=1S/C23H28N2O5S/c1-16-11-17(2)15-25(14-16)31(27,28)20-6-4-19(5-7-20)24-23(26)13-18-3-8-21-22(12-18)30-10-9-29-21/h3-8,12,16-17H,9-11,13-15H2,1-2H3,(H,24,26)/t16-,17-/m1/s1. The lowest BCUT2D eigenvalue weighted by Gasteiger charge is -2.34. The van der Waals surface area contributed by atoms with Crippen molar-refractivity contribution in [2.45, 2.75) is 31.6 Å². The Morgan fingerprint density at radius 2 is 1.65 bits per heavy atom. The van der Waals surface area contributed by atoms with Crippen LogP contribution >= 0.6 is 0 Å². The van der Waals surface area contributed by atoms with Crippen LogP contribution in [0.3, 0.4) is 0 Å². The lowest BCUT2D eigenvalue weighted by atomic mass is 9.94. The minimum Gasteiger partial charge on any atom is -0.486 e. The first-order valence-corrected chi connectivity index (χ1v) is 12.0. The molecule has 1 saturated heterocycles. The van der Waals surface area contributed by atoms with Gasteiger partial charge < -0.3 is 14.8 Å². The molecule has 0 unspecified atom stereocenters. The maximum Gasteiger partial charge on any atom is 0.243 e. The van der Waals surface area contributed by atoms with Crippen LogP contribution in [-0.2, 0) is 21.2 Å². The quantitative estimate of drug-likeness (QED) is 0.765. The number of benzene rings is 2. The number of ether oxygens (including phenoxy) is 2. The van der Waals surface area contributed by atoms with E-state index in [2.05, 4.69) is 19.2 Å². The SMILES string of the molecule is C[C@@H]1C[C@@H](C)CN(S(=O)(=O)c2ccc(NC(=O)Cc3ccc4c(c3)OCCO4)cc2)C1. The van der Waals surface area contributed by atoms with Crippen molar-refractivity contribution in [1.29, 1.82) is 0 Å². The molecule has 0 aliphatic carbocycles. The molecule has 0 aromatic heterocycles. The van der Waals surface area contributed by atoms with Gasteiger partial charge >= 0.3 is 0 Å². The van der Waals surface area contributed by atoms with Gasteiger partial charge in [0.2, 0.25) is 15.9 Å². The molecule has 31 heavy (non-hydrogen) atoms. The van der Waals surface area contributed by atoms with E-state index in [-0.39, 0.29) is 17.2 Å². The van der Waals surface area contributed by atoms with Gasteiger partial charge in [0.15, 0.2) is 11.5 Å². The summed E-state index contributed by atoms with van der Waals surface area (Å²) < 4.78 is 38.6. The molecule has 2 aliphatic heterocycles. The zero-order valence-electron chi connectivity index (χ0n) is 17.8. The van der Waals surface area contributed by atoms with Gasteiger partial charge in [0.1, 0.15) is 13.2 Å². The van der Waals surface area contributed by atoms with E-state index in [0.29, 0.717) is 55.3 Å². The highest BCUT2D eigenvalue weighted by Crippen LogP contribution is 2.31. The van der Waals surface area contributed by atoms with E-state index in [1.807, 2.05) is 12.1 Å². The molecular formula is C23H28N2O5S. The Labute approximate surface area is 183 Å². The largest absolute Gasteiger partial charge is 0.486 e. The molecule has 0 spiro atoms. The summed E-state index contributed by atoms with van der Waals surface area (Å²) in [6, 6.07) is 11.8. The first-order valence-electron chi connectivity index (χ1n) is 10.6. The maximum absolute atomic E-state index is 13.0. The molecule has 1 fully saturated rings. The van der Waals surface area contributed by atoms with Gasteiger partial charge in [-0.05, 0) is 60.2 Å². The zero-order valence-corrected chi connectivity index (χ0v) is 18.7. The van der Waals surface area contributed by atoms with Crippen molar-refractivity contribution in [2.24, 2.45) is 11.8 Å². The van der Waals surface area contributed by atoms with Crippen LogP contribution in [0.25, 0.3) is 0 Å². The number of rotatable bonds is 5. The van der Waals surface area contributed by atoms with Gasteiger partial charge in [0, 0.05) is 18.8 Å². The predicted molar refractivity (Wildman–Crippen MR) is 118 cm³/mol. The van der Waals surface area contributed by atoms with Gasteiger partial charge in [-0.1, -0.05) is 19.9 Å². The fourth-order valence-electron chi connectivity index (χ4n) is 4.25. The van der Waals surface area contributed by atoms with Crippen LogP contribution in [0.15, 0.2) is 47.4 Å². The number of nitrogens with zero attached hydrogens (tertiary/aromatic N) is 1. The second-order valence-electron chi connectivity index (χ2n) is 8.50. The predicted octanol–water partition coefficient (Wildman–Crippen LogP) is 3.31. The number of fused-ring (bicyclic) bond motifs is 1. The average molecular weight is 445 g/mol. The minimum atomic E-state index is -3.54. The smallest absolute Gasteiger partial charge is 0.243 e. The van der Waals surface area contributed by atoms with Crippen LogP contribution in [0.1, 0.15) is 25.8 Å². The van der Waals surface area contributed by atoms with Crippen molar-refractivity contribution in [3.63, 3.8) is 0 Å². The van der Waals surface area contributed by atoms with Gasteiger partial charge in [-0.15, -0.1) is 0 Å². The van der Waals surface area contributed by atoms with Crippen LogP contribution in [0.5, 0.6) is 11.5 Å². The highest BCUT2D eigenvalue weighted by atomic mass is 32.2. The highest BCUT2D eigenvalue weighted by molar-refractivity contribution is 7.89. The Hall–Kier alpha value is -2.58. The number of nitrogens with one attached hydrogen (secondary N) is 1. The molecule has 2 heterocycles. The van der Waals surface area contributed by atoms with E-state index in [9.17, 15) is 13.2 Å². The molecular weight excluding hydrogens is 416 g/mol. The lowest BCUT2D eigenvalue weighted by molar-refractivity contribution is -0.115. The number of amides is 1. The molecule has 0 radical (unpaired) electrons. The molecule has 4 rings (SSSR count). The fourth-order valence-corrected chi connectivity index (χ4v) is 5.93. The molecule has 2 atom stereocenters. The second-order valence-corrected chi connectivity index (χ2v) is 10.4. The summed E-state index contributed by atoms with van der Waals surface area (Å²) in [5.74, 6) is 1.83. The zero-order chi connectivity index (χ0) is 22.0. The molecule has 1 N–H and O–H groups in total. The van der Waals surface area contributed by atoms with Crippen molar-refractivity contribution < 1.29 is 22.7 Å². The fraction of sp³-hybridized carbons (Fsp3) is 0.435. The third kappa shape index (κ3) is 5.02. The third-order valence-electron chi connectivity index (χ3n) is 5.58. The van der Waals surface area contributed by atoms with Crippen LogP contribution in [-0.4, -0.2) is 44.9 Å². The minimum absolute atomic E-state index is 0.181. The Morgan fingerprint density at radius 3 is 2.32 bits per heavy atom. The molecule has 8 heteroatoms. The first kappa shape index (κ1) is 21.6. The molecule has 166 valence electrons. The summed E-state index contributed by atoms with van der Waals surface area (Å²) in [6.07, 6.45) is 1.22. The second kappa shape index (κ2) is 8.88. The van der Waals surface area contributed by atoms with Crippen molar-refractivity contribution in [3.8, 4) is 11.5 Å². The molecule has 0 bridgehead atoms. The highest BCUT2D eigenvalue weighted by Gasteiger charge is 2.31. The van der Waals surface area contributed by atoms with Gasteiger partial charge in [-0.2, -0.15) is 4.31 Å². The summed E-state index contributed by atoms with van der Waals surface area (Å²) in [7, 11) is -3.54. The molecule has 2 aromatic rings. The number of carbonyl (C=O) groups is 1. The van der Waals surface area contributed by atoms with E-state index in [4.69, 9.17) is 9.47 Å². The Bertz CT molecular complexity index is 1040. The molecule has 7 nitrogen and oxygen atoms in total. The van der Waals surface area contributed by atoms with Crippen molar-refractivity contribution in [1.82, 2.24) is 4.31 Å². The Balaban J connectivity index is 1.39. The molecule has 2 aliphatic rings.